The summed E-state index contributed by atoms with van der Waals surface area (Å²) in [6.45, 7) is 5.83. The van der Waals surface area contributed by atoms with E-state index < -0.39 is 0 Å². The third-order valence-corrected chi connectivity index (χ3v) is 6.13. The van der Waals surface area contributed by atoms with E-state index in [4.69, 9.17) is 0 Å². The summed E-state index contributed by atoms with van der Waals surface area (Å²) < 4.78 is 0. The quantitative estimate of drug-likeness (QED) is 0.857. The number of hydrogen-bond acceptors (Lipinski definition) is 4. The lowest BCUT2D eigenvalue weighted by Crippen LogP contribution is -2.53. The molecule has 1 atom stereocenters. The van der Waals surface area contributed by atoms with Gasteiger partial charge in [-0.1, -0.05) is 18.2 Å². The lowest BCUT2D eigenvalue weighted by molar-refractivity contribution is -0.136. The summed E-state index contributed by atoms with van der Waals surface area (Å²) in [4.78, 5) is 46.4. The maximum Gasteiger partial charge on any atom is 0.270 e. The molecule has 154 valence electrons. The predicted molar refractivity (Wildman–Crippen MR) is 112 cm³/mol. The van der Waals surface area contributed by atoms with Gasteiger partial charge in [0.2, 0.25) is 5.91 Å². The van der Waals surface area contributed by atoms with Crippen molar-refractivity contribution in [1.82, 2.24) is 19.7 Å². The van der Waals surface area contributed by atoms with E-state index in [2.05, 4.69) is 16.8 Å². The first kappa shape index (κ1) is 19.6. The van der Waals surface area contributed by atoms with Gasteiger partial charge in [-0.05, 0) is 43.7 Å². The first-order chi connectivity index (χ1) is 14.0. The fourth-order valence-corrected chi connectivity index (χ4v) is 4.36. The second-order valence-corrected chi connectivity index (χ2v) is 8.10. The molecule has 0 radical (unpaired) electrons. The van der Waals surface area contributed by atoms with Crippen molar-refractivity contribution in [3.05, 3.63) is 46.4 Å². The van der Waals surface area contributed by atoms with E-state index in [1.165, 1.54) is 6.42 Å². The van der Waals surface area contributed by atoms with Crippen LogP contribution in [0.25, 0.3) is 10.8 Å². The lowest BCUT2D eigenvalue weighted by Gasteiger charge is -2.38. The summed E-state index contributed by atoms with van der Waals surface area (Å²) in [6.07, 6.45) is 3.36. The molecular weight excluding hydrogens is 368 g/mol. The molecule has 2 aliphatic heterocycles. The molecule has 7 nitrogen and oxygen atoms in total. The number of pyridine rings is 1. The molecule has 0 spiro atoms. The summed E-state index contributed by atoms with van der Waals surface area (Å²) >= 11 is 0. The number of hydrogen-bond donors (Lipinski definition) is 1. The summed E-state index contributed by atoms with van der Waals surface area (Å²) in [5.41, 5.74) is 0.0756. The van der Waals surface area contributed by atoms with E-state index in [9.17, 15) is 14.4 Å². The number of aromatic nitrogens is 1. The largest absolute Gasteiger partial charge is 0.339 e. The average Bonchev–Trinajstić information content (AvgIpc) is 2.74. The van der Waals surface area contributed by atoms with Crippen LogP contribution in [0.5, 0.6) is 0 Å². The second-order valence-electron chi connectivity index (χ2n) is 8.10. The van der Waals surface area contributed by atoms with Gasteiger partial charge in [-0.25, -0.2) is 0 Å². The van der Waals surface area contributed by atoms with Gasteiger partial charge < -0.3 is 14.8 Å². The zero-order valence-electron chi connectivity index (χ0n) is 16.9. The Labute approximate surface area is 170 Å². The van der Waals surface area contributed by atoms with Gasteiger partial charge in [0.05, 0.1) is 6.54 Å². The zero-order chi connectivity index (χ0) is 20.4. The number of nitrogens with zero attached hydrogens (tertiary/aromatic N) is 3. The molecule has 1 aromatic carbocycles. The number of piperazine rings is 1. The maximum absolute atomic E-state index is 12.9. The monoisotopic (exact) mass is 396 g/mol. The van der Waals surface area contributed by atoms with Gasteiger partial charge >= 0.3 is 0 Å². The van der Waals surface area contributed by atoms with Crippen LogP contribution in [-0.2, 0) is 4.79 Å². The van der Waals surface area contributed by atoms with Crippen LogP contribution in [0.15, 0.2) is 35.1 Å². The van der Waals surface area contributed by atoms with Gasteiger partial charge in [0, 0.05) is 44.2 Å². The number of fused-ring (bicyclic) bond motifs is 1. The third kappa shape index (κ3) is 4.19. The number of rotatable bonds is 3. The Hall–Kier alpha value is -2.67. The van der Waals surface area contributed by atoms with Gasteiger partial charge in [-0.2, -0.15) is 0 Å². The third-order valence-electron chi connectivity index (χ3n) is 6.13. The summed E-state index contributed by atoms with van der Waals surface area (Å²) in [5, 5.41) is 1.35. The highest BCUT2D eigenvalue weighted by atomic mass is 16.2. The molecule has 2 amide bonds. The molecule has 2 aromatic rings. The van der Waals surface area contributed by atoms with Crippen LogP contribution in [0.3, 0.4) is 0 Å². The van der Waals surface area contributed by atoms with Crippen LogP contribution < -0.4 is 5.56 Å². The predicted octanol–water partition coefficient (Wildman–Crippen LogP) is 1.69. The van der Waals surface area contributed by atoms with Crippen molar-refractivity contribution in [2.45, 2.75) is 32.2 Å². The summed E-state index contributed by atoms with van der Waals surface area (Å²) in [7, 11) is 0. The van der Waals surface area contributed by atoms with Gasteiger partial charge in [0.1, 0.15) is 5.69 Å². The highest BCUT2D eigenvalue weighted by molar-refractivity contribution is 5.96. The molecule has 0 unspecified atom stereocenters. The second kappa shape index (κ2) is 8.37. The smallest absolute Gasteiger partial charge is 0.270 e. The Kier molecular flexibility index (Phi) is 5.67. The molecule has 4 rings (SSSR count). The Morgan fingerprint density at radius 1 is 1.07 bits per heavy atom. The van der Waals surface area contributed by atoms with Crippen LogP contribution in [-0.4, -0.2) is 76.8 Å². The van der Waals surface area contributed by atoms with Crippen LogP contribution >= 0.6 is 0 Å². The van der Waals surface area contributed by atoms with Gasteiger partial charge in [-0.3, -0.25) is 19.3 Å². The minimum Gasteiger partial charge on any atom is -0.339 e. The van der Waals surface area contributed by atoms with Crippen LogP contribution in [0, 0.1) is 0 Å². The Bertz CT molecular complexity index is 962. The van der Waals surface area contributed by atoms with Gasteiger partial charge in [0.15, 0.2) is 0 Å². The number of carbonyl (C=O) groups excluding carboxylic acids is 2. The van der Waals surface area contributed by atoms with Crippen LogP contribution in [0.1, 0.15) is 36.7 Å². The maximum atomic E-state index is 12.9. The van der Waals surface area contributed by atoms with Crippen molar-refractivity contribution < 1.29 is 9.59 Å². The van der Waals surface area contributed by atoms with E-state index >= 15 is 0 Å². The minimum absolute atomic E-state index is 0.163. The topological polar surface area (TPSA) is 76.7 Å². The Morgan fingerprint density at radius 3 is 2.59 bits per heavy atom. The molecule has 2 fully saturated rings. The SMILES string of the molecule is C[C@@H]1CCCCN1C(=O)CN1CCN(C(=O)c2cc3ccccc3c(=O)[nH]2)CC1. The van der Waals surface area contributed by atoms with Crippen molar-refractivity contribution in [1.29, 1.82) is 0 Å². The van der Waals surface area contributed by atoms with Crippen molar-refractivity contribution in [2.24, 2.45) is 0 Å². The van der Waals surface area contributed by atoms with E-state index in [1.807, 2.05) is 23.1 Å². The minimum atomic E-state index is -0.244. The molecule has 3 heterocycles. The van der Waals surface area contributed by atoms with E-state index in [-0.39, 0.29) is 17.4 Å². The molecule has 1 N–H and O–H groups in total. The molecule has 29 heavy (non-hydrogen) atoms. The van der Waals surface area contributed by atoms with Crippen molar-refractivity contribution in [3.8, 4) is 0 Å². The standard InChI is InChI=1S/C22H28N4O3/c1-16-6-4-5-9-26(16)20(27)15-24-10-12-25(13-11-24)22(29)19-14-17-7-2-3-8-18(17)21(28)23-19/h2-3,7-8,14,16H,4-6,9-13,15H2,1H3,(H,23,28)/t16-/m1/s1. The Morgan fingerprint density at radius 2 is 1.83 bits per heavy atom. The Balaban J connectivity index is 1.36. The number of carbonyl (C=O) groups is 2. The molecule has 0 bridgehead atoms. The number of aromatic amines is 1. The number of benzene rings is 1. The van der Waals surface area contributed by atoms with E-state index in [0.29, 0.717) is 49.8 Å². The molecule has 0 aliphatic carbocycles. The molecule has 2 aliphatic rings. The molecule has 0 saturated carbocycles. The van der Waals surface area contributed by atoms with Gasteiger partial charge in [-0.15, -0.1) is 0 Å². The molecule has 2 saturated heterocycles. The molecule has 1 aromatic heterocycles. The number of amides is 2. The molecular formula is C22H28N4O3. The van der Waals surface area contributed by atoms with Crippen molar-refractivity contribution >= 4 is 22.6 Å². The average molecular weight is 396 g/mol. The number of H-pyrrole nitrogens is 1. The molecule has 7 heteroatoms. The van der Waals surface area contributed by atoms with Crippen LogP contribution in [0.2, 0.25) is 0 Å². The highest BCUT2D eigenvalue weighted by Gasteiger charge is 2.28. The van der Waals surface area contributed by atoms with E-state index in [0.717, 1.165) is 24.8 Å². The summed E-state index contributed by atoms with van der Waals surface area (Å²) in [5.74, 6) is 0.0271. The van der Waals surface area contributed by atoms with Gasteiger partial charge in [0.25, 0.3) is 11.5 Å². The summed E-state index contributed by atoms with van der Waals surface area (Å²) in [6, 6.07) is 9.32. The van der Waals surface area contributed by atoms with Crippen molar-refractivity contribution in [3.63, 3.8) is 0 Å². The normalized spacial score (nSPS) is 20.8. The fraction of sp³-hybridized carbons (Fsp3) is 0.500. The number of piperidine rings is 1. The first-order valence-electron chi connectivity index (χ1n) is 10.5. The van der Waals surface area contributed by atoms with Crippen LogP contribution in [0.4, 0.5) is 0 Å². The first-order valence-corrected chi connectivity index (χ1v) is 10.5. The number of likely N-dealkylation sites (tertiary alicyclic amines) is 1. The zero-order valence-corrected chi connectivity index (χ0v) is 16.9. The van der Waals surface area contributed by atoms with Crippen molar-refractivity contribution in [2.75, 3.05) is 39.3 Å². The fourth-order valence-electron chi connectivity index (χ4n) is 4.36. The lowest BCUT2D eigenvalue weighted by atomic mass is 10.0. The highest BCUT2D eigenvalue weighted by Crippen LogP contribution is 2.17. The number of nitrogens with one attached hydrogen (secondary N) is 1. The van der Waals surface area contributed by atoms with E-state index in [1.54, 1.807) is 17.0 Å².